The minimum Gasteiger partial charge on any atom is -0.440 e. The fraction of sp³-hybridized carbons (Fsp3) is 0.0769. The Morgan fingerprint density at radius 2 is 2.06 bits per heavy atom. The molecular weight excluding hydrogens is 219 g/mol. The number of para-hydroxylation sites is 1. The van der Waals surface area contributed by atoms with Crippen molar-refractivity contribution in [3.8, 4) is 5.75 Å². The van der Waals surface area contributed by atoms with Crippen molar-refractivity contribution in [3.05, 3.63) is 59.7 Å². The minimum atomic E-state index is 0.0000211. The number of fused-ring (bicyclic) bond motifs is 2. The van der Waals surface area contributed by atoms with Crippen molar-refractivity contribution in [2.75, 3.05) is 0 Å². The van der Waals surface area contributed by atoms with Crippen LogP contribution in [0.4, 0.5) is 0 Å². The lowest BCUT2D eigenvalue weighted by molar-refractivity contribution is 0.300. The second kappa shape index (κ2) is 4.25. The van der Waals surface area contributed by atoms with Crippen LogP contribution in [0.15, 0.2) is 54.1 Å². The lowest BCUT2D eigenvalue weighted by atomic mass is 10.0. The van der Waals surface area contributed by atoms with E-state index in [1.54, 1.807) is 0 Å². The maximum Gasteiger partial charge on any atom is 0.330 e. The molecule has 0 bridgehead atoms. The molecule has 1 aromatic carbocycles. The van der Waals surface area contributed by atoms with E-state index in [1.807, 2.05) is 42.5 Å². The lowest BCUT2D eigenvalue weighted by Crippen LogP contribution is -2.11. The van der Waals surface area contributed by atoms with Crippen molar-refractivity contribution in [3.63, 3.8) is 0 Å². The SMILES string of the molecule is C1=C/C2=C/c3ccccc3O[P]OC2C=C1. The molecule has 1 unspecified atom stereocenters. The highest BCUT2D eigenvalue weighted by atomic mass is 31.1. The Bertz CT molecular complexity index is 488. The van der Waals surface area contributed by atoms with Gasteiger partial charge in [0, 0.05) is 5.56 Å². The minimum absolute atomic E-state index is 0.0000211. The highest BCUT2D eigenvalue weighted by molar-refractivity contribution is 7.26. The van der Waals surface area contributed by atoms with Crippen molar-refractivity contribution in [2.24, 2.45) is 0 Å². The fourth-order valence-electron chi connectivity index (χ4n) is 1.73. The van der Waals surface area contributed by atoms with Gasteiger partial charge in [-0.15, -0.1) is 0 Å². The molecule has 0 amide bonds. The molecule has 0 N–H and O–H groups in total. The first-order valence-corrected chi connectivity index (χ1v) is 5.85. The number of benzene rings is 1. The van der Waals surface area contributed by atoms with E-state index >= 15 is 0 Å². The molecule has 79 valence electrons. The number of allylic oxidation sites excluding steroid dienone is 2. The standard InChI is InChI=1S/C13H10O2P/c1-3-7-12-10(5-1)9-11-6-2-4-8-13(11)15-16-14-12/h1-9,12H/b10-9-. The highest BCUT2D eigenvalue weighted by Crippen LogP contribution is 2.34. The molecule has 0 spiro atoms. The summed E-state index contributed by atoms with van der Waals surface area (Å²) in [5.41, 5.74) is 2.25. The zero-order chi connectivity index (χ0) is 10.8. The summed E-state index contributed by atoms with van der Waals surface area (Å²) < 4.78 is 11.1. The van der Waals surface area contributed by atoms with Crippen LogP contribution in [0.3, 0.4) is 0 Å². The largest absolute Gasteiger partial charge is 0.440 e. The Labute approximate surface area is 96.2 Å². The Balaban J connectivity index is 2.08. The van der Waals surface area contributed by atoms with Gasteiger partial charge in [-0.2, -0.15) is 0 Å². The van der Waals surface area contributed by atoms with E-state index in [0.29, 0.717) is 9.03 Å². The molecule has 3 heteroatoms. The Hall–Kier alpha value is -1.37. The molecule has 0 aromatic heterocycles. The van der Waals surface area contributed by atoms with Gasteiger partial charge in [-0.3, -0.25) is 0 Å². The van der Waals surface area contributed by atoms with Crippen molar-refractivity contribution < 1.29 is 9.05 Å². The zero-order valence-corrected chi connectivity index (χ0v) is 9.43. The summed E-state index contributed by atoms with van der Waals surface area (Å²) in [6.07, 6.45) is 10.2. The molecule has 0 saturated carbocycles. The van der Waals surface area contributed by atoms with E-state index in [4.69, 9.17) is 9.05 Å². The smallest absolute Gasteiger partial charge is 0.330 e. The highest BCUT2D eigenvalue weighted by Gasteiger charge is 2.17. The zero-order valence-electron chi connectivity index (χ0n) is 8.54. The summed E-state index contributed by atoms with van der Waals surface area (Å²) >= 11 is 0. The molecule has 0 saturated heterocycles. The molecular formula is C13H10O2P. The van der Waals surface area contributed by atoms with Crippen LogP contribution in [0.1, 0.15) is 5.56 Å². The molecule has 16 heavy (non-hydrogen) atoms. The summed E-state index contributed by atoms with van der Waals surface area (Å²) in [4.78, 5) is 0. The third kappa shape index (κ3) is 1.82. The van der Waals surface area contributed by atoms with Crippen LogP contribution in [0.25, 0.3) is 6.08 Å². The van der Waals surface area contributed by atoms with Crippen molar-refractivity contribution in [1.29, 1.82) is 0 Å². The van der Waals surface area contributed by atoms with Crippen LogP contribution in [-0.4, -0.2) is 6.10 Å². The van der Waals surface area contributed by atoms with Gasteiger partial charge in [-0.1, -0.05) is 42.5 Å². The third-order valence-corrected chi connectivity index (χ3v) is 3.13. The number of rotatable bonds is 0. The molecule has 2 aliphatic rings. The molecule has 1 aliphatic heterocycles. The van der Waals surface area contributed by atoms with Crippen molar-refractivity contribution >= 4 is 15.1 Å². The van der Waals surface area contributed by atoms with Crippen molar-refractivity contribution in [2.45, 2.75) is 6.10 Å². The van der Waals surface area contributed by atoms with Crippen LogP contribution in [0, 0.1) is 0 Å². The predicted octanol–water partition coefficient (Wildman–Crippen LogP) is 3.75. The first-order chi connectivity index (χ1) is 7.93. The average molecular weight is 229 g/mol. The van der Waals surface area contributed by atoms with Gasteiger partial charge in [0.05, 0.1) is 0 Å². The van der Waals surface area contributed by atoms with Crippen LogP contribution in [-0.2, 0) is 4.52 Å². The van der Waals surface area contributed by atoms with E-state index < -0.39 is 0 Å². The van der Waals surface area contributed by atoms with Gasteiger partial charge in [0.1, 0.15) is 11.9 Å². The second-order valence-electron chi connectivity index (χ2n) is 3.62. The van der Waals surface area contributed by atoms with E-state index in [0.717, 1.165) is 16.9 Å². The normalized spacial score (nSPS) is 27.0. The van der Waals surface area contributed by atoms with E-state index in [-0.39, 0.29) is 6.10 Å². The van der Waals surface area contributed by atoms with Crippen LogP contribution >= 0.6 is 9.03 Å². The van der Waals surface area contributed by atoms with E-state index in [9.17, 15) is 0 Å². The quantitative estimate of drug-likeness (QED) is 0.631. The third-order valence-electron chi connectivity index (χ3n) is 2.55. The van der Waals surface area contributed by atoms with Gasteiger partial charge in [-0.05, 0) is 17.7 Å². The molecule has 1 aliphatic carbocycles. The summed E-state index contributed by atoms with van der Waals surface area (Å²) in [5, 5.41) is 0. The van der Waals surface area contributed by atoms with Gasteiger partial charge in [0.2, 0.25) is 0 Å². The van der Waals surface area contributed by atoms with Crippen LogP contribution in [0.5, 0.6) is 5.75 Å². The van der Waals surface area contributed by atoms with Gasteiger partial charge in [0.25, 0.3) is 0 Å². The van der Waals surface area contributed by atoms with Crippen LogP contribution < -0.4 is 4.52 Å². The maximum absolute atomic E-state index is 5.59. The lowest BCUT2D eigenvalue weighted by Gasteiger charge is -2.20. The number of hydrogen-bond acceptors (Lipinski definition) is 2. The summed E-state index contributed by atoms with van der Waals surface area (Å²) in [5.74, 6) is 0.859. The topological polar surface area (TPSA) is 18.5 Å². The first kappa shape index (κ1) is 9.83. The molecule has 0 fully saturated rings. The van der Waals surface area contributed by atoms with Crippen LogP contribution in [0.2, 0.25) is 0 Å². The summed E-state index contributed by atoms with van der Waals surface area (Å²) in [6.45, 7) is 0. The van der Waals surface area contributed by atoms with Gasteiger partial charge >= 0.3 is 9.03 Å². The molecule has 1 heterocycles. The van der Waals surface area contributed by atoms with Gasteiger partial charge in [-0.25, -0.2) is 0 Å². The molecule has 1 radical (unpaired) electrons. The Morgan fingerprint density at radius 3 is 3.06 bits per heavy atom. The predicted molar refractivity (Wildman–Crippen MR) is 65.1 cm³/mol. The van der Waals surface area contributed by atoms with E-state index in [1.165, 1.54) is 0 Å². The molecule has 2 nitrogen and oxygen atoms in total. The molecule has 1 aromatic rings. The Morgan fingerprint density at radius 1 is 1.12 bits per heavy atom. The molecule has 1 atom stereocenters. The number of hydrogen-bond donors (Lipinski definition) is 0. The molecule has 3 rings (SSSR count). The first-order valence-electron chi connectivity index (χ1n) is 5.12. The van der Waals surface area contributed by atoms with Gasteiger partial charge < -0.3 is 9.05 Å². The second-order valence-corrected chi connectivity index (χ2v) is 4.16. The summed E-state index contributed by atoms with van der Waals surface area (Å²) in [6, 6.07) is 7.97. The maximum atomic E-state index is 5.59. The Kier molecular flexibility index (Phi) is 2.61. The van der Waals surface area contributed by atoms with Crippen molar-refractivity contribution in [1.82, 2.24) is 0 Å². The monoisotopic (exact) mass is 229 g/mol. The average Bonchev–Trinajstić information content (AvgIpc) is 2.29. The fourth-order valence-corrected chi connectivity index (χ4v) is 2.31. The van der Waals surface area contributed by atoms with Gasteiger partial charge in [0.15, 0.2) is 0 Å². The van der Waals surface area contributed by atoms with E-state index in [2.05, 4.69) is 12.2 Å². The summed E-state index contributed by atoms with van der Waals surface area (Å²) in [7, 11) is 0.536.